The highest BCUT2D eigenvalue weighted by atomic mass is 32.2. The zero-order valence-corrected chi connectivity index (χ0v) is 18.6. The minimum absolute atomic E-state index is 0.0505. The lowest BCUT2D eigenvalue weighted by molar-refractivity contribution is -0.140. The van der Waals surface area contributed by atoms with Crippen molar-refractivity contribution in [1.29, 1.82) is 0 Å². The Kier molecular flexibility index (Phi) is 6.00. The molecule has 0 unspecified atom stereocenters. The highest BCUT2D eigenvalue weighted by molar-refractivity contribution is 7.89. The number of hydrogen-bond acceptors (Lipinski definition) is 3. The third kappa shape index (κ3) is 4.37. The van der Waals surface area contributed by atoms with Gasteiger partial charge in [-0.1, -0.05) is 19.1 Å². The van der Waals surface area contributed by atoms with Crippen LogP contribution in [0.15, 0.2) is 47.4 Å². The first-order valence-corrected chi connectivity index (χ1v) is 12.2. The number of sulfonamides is 1. The molecule has 174 valence electrons. The van der Waals surface area contributed by atoms with E-state index in [2.05, 4.69) is 36.1 Å². The minimum atomic E-state index is -4.96. The fraction of sp³-hybridized carbons (Fsp3) is 0.478. The molecule has 1 spiro atoms. The predicted octanol–water partition coefficient (Wildman–Crippen LogP) is 5.09. The molecular formula is C23H26F4N2O2S. The summed E-state index contributed by atoms with van der Waals surface area (Å²) in [6.45, 7) is 4.08. The molecular weight excluding hydrogens is 444 g/mol. The van der Waals surface area contributed by atoms with Gasteiger partial charge in [0.2, 0.25) is 10.0 Å². The van der Waals surface area contributed by atoms with Crippen molar-refractivity contribution in [2.24, 2.45) is 5.41 Å². The van der Waals surface area contributed by atoms with Crippen LogP contribution in [0.4, 0.5) is 23.2 Å². The first kappa shape index (κ1) is 23.0. The lowest BCUT2D eigenvalue weighted by atomic mass is 9.78. The quantitative estimate of drug-likeness (QED) is 0.585. The van der Waals surface area contributed by atoms with E-state index in [4.69, 9.17) is 0 Å². The molecule has 2 aliphatic rings. The number of rotatable bonds is 4. The third-order valence-corrected chi connectivity index (χ3v) is 8.75. The van der Waals surface area contributed by atoms with Crippen LogP contribution < -0.4 is 4.90 Å². The molecule has 9 heteroatoms. The normalized spacial score (nSPS) is 19.6. The van der Waals surface area contributed by atoms with Crippen LogP contribution in [0.2, 0.25) is 0 Å². The summed E-state index contributed by atoms with van der Waals surface area (Å²) in [5.41, 5.74) is 0.890. The van der Waals surface area contributed by atoms with Crippen molar-refractivity contribution < 1.29 is 26.0 Å². The minimum Gasteiger partial charge on any atom is -0.371 e. The highest BCUT2D eigenvalue weighted by Crippen LogP contribution is 2.44. The maximum atomic E-state index is 13.4. The lowest BCUT2D eigenvalue weighted by Gasteiger charge is -2.39. The van der Waals surface area contributed by atoms with E-state index in [0.29, 0.717) is 12.8 Å². The second kappa shape index (κ2) is 8.33. The second-order valence-electron chi connectivity index (χ2n) is 8.73. The van der Waals surface area contributed by atoms with E-state index >= 15 is 0 Å². The van der Waals surface area contributed by atoms with E-state index < -0.39 is 32.5 Å². The summed E-state index contributed by atoms with van der Waals surface area (Å²) in [6, 6.07) is 10.1. The maximum Gasteiger partial charge on any atom is 0.417 e. The molecule has 0 radical (unpaired) electrons. The molecule has 2 fully saturated rings. The molecule has 0 aliphatic carbocycles. The molecule has 4 nitrogen and oxygen atoms in total. The van der Waals surface area contributed by atoms with E-state index in [9.17, 15) is 26.0 Å². The van der Waals surface area contributed by atoms with Gasteiger partial charge in [0.1, 0.15) is 5.82 Å². The number of anilines is 1. The van der Waals surface area contributed by atoms with E-state index in [0.717, 1.165) is 48.1 Å². The van der Waals surface area contributed by atoms with Crippen LogP contribution in [0.3, 0.4) is 0 Å². The van der Waals surface area contributed by atoms with Crippen LogP contribution in [-0.4, -0.2) is 38.9 Å². The summed E-state index contributed by atoms with van der Waals surface area (Å²) in [5.74, 6) is -1.12. The van der Waals surface area contributed by atoms with Crippen LogP contribution in [0, 0.1) is 11.2 Å². The summed E-state index contributed by atoms with van der Waals surface area (Å²) >= 11 is 0. The molecule has 4 rings (SSSR count). The summed E-state index contributed by atoms with van der Waals surface area (Å²) in [6.07, 6.45) is -1.91. The third-order valence-electron chi connectivity index (χ3n) is 6.80. The van der Waals surface area contributed by atoms with Gasteiger partial charge < -0.3 is 4.90 Å². The number of halogens is 4. The van der Waals surface area contributed by atoms with Crippen molar-refractivity contribution in [2.75, 3.05) is 31.1 Å². The number of aryl methyl sites for hydroxylation is 1. The fourth-order valence-corrected chi connectivity index (χ4v) is 6.43. The first-order valence-electron chi connectivity index (χ1n) is 10.7. The topological polar surface area (TPSA) is 40.6 Å². The van der Waals surface area contributed by atoms with E-state index in [1.54, 1.807) is 0 Å². The van der Waals surface area contributed by atoms with Crippen molar-refractivity contribution in [3.8, 4) is 0 Å². The lowest BCUT2D eigenvalue weighted by Crippen LogP contribution is -2.44. The van der Waals surface area contributed by atoms with Crippen molar-refractivity contribution in [1.82, 2.24) is 4.31 Å². The van der Waals surface area contributed by atoms with Gasteiger partial charge in [0, 0.05) is 31.9 Å². The van der Waals surface area contributed by atoms with Crippen molar-refractivity contribution >= 4 is 15.7 Å². The zero-order chi connectivity index (χ0) is 23.1. The molecule has 2 aliphatic heterocycles. The van der Waals surface area contributed by atoms with Crippen LogP contribution in [0.25, 0.3) is 0 Å². The SMILES string of the molecule is CCc1ccc(N2CCC3(CCN(S(=O)(=O)c4ccc(F)cc4C(F)(F)F)CC3)C2)cc1. The molecule has 0 N–H and O–H groups in total. The molecule has 2 aromatic rings. The van der Waals surface area contributed by atoms with E-state index in [1.165, 1.54) is 5.56 Å². The summed E-state index contributed by atoms with van der Waals surface area (Å²) in [4.78, 5) is 1.41. The van der Waals surface area contributed by atoms with Crippen LogP contribution >= 0.6 is 0 Å². The largest absolute Gasteiger partial charge is 0.417 e. The van der Waals surface area contributed by atoms with Gasteiger partial charge >= 0.3 is 6.18 Å². The molecule has 2 heterocycles. The van der Waals surface area contributed by atoms with Gasteiger partial charge in [-0.05, 0) is 67.0 Å². The number of piperidine rings is 1. The van der Waals surface area contributed by atoms with Gasteiger partial charge in [-0.25, -0.2) is 12.8 Å². The maximum absolute atomic E-state index is 13.4. The van der Waals surface area contributed by atoms with E-state index in [-0.39, 0.29) is 24.6 Å². The highest BCUT2D eigenvalue weighted by Gasteiger charge is 2.45. The molecule has 0 saturated carbocycles. The summed E-state index contributed by atoms with van der Waals surface area (Å²) in [7, 11) is -4.38. The average molecular weight is 471 g/mol. The molecule has 0 atom stereocenters. The molecule has 2 saturated heterocycles. The van der Waals surface area contributed by atoms with Gasteiger partial charge in [0.25, 0.3) is 0 Å². The van der Waals surface area contributed by atoms with Crippen molar-refractivity contribution in [3.05, 3.63) is 59.4 Å². The number of nitrogens with zero attached hydrogens (tertiary/aromatic N) is 2. The Labute approximate surface area is 185 Å². The van der Waals surface area contributed by atoms with Gasteiger partial charge in [0.05, 0.1) is 10.5 Å². The number of hydrogen-bond donors (Lipinski definition) is 0. The Morgan fingerprint density at radius 1 is 0.969 bits per heavy atom. The summed E-state index contributed by atoms with van der Waals surface area (Å²) in [5, 5.41) is 0. The summed E-state index contributed by atoms with van der Waals surface area (Å²) < 4.78 is 80.6. The Bertz CT molecular complexity index is 1080. The molecule has 2 aromatic carbocycles. The van der Waals surface area contributed by atoms with Crippen molar-refractivity contribution in [2.45, 2.75) is 43.7 Å². The fourth-order valence-electron chi connectivity index (χ4n) is 4.79. The molecule has 0 amide bonds. The zero-order valence-electron chi connectivity index (χ0n) is 17.8. The van der Waals surface area contributed by atoms with Crippen molar-refractivity contribution in [3.63, 3.8) is 0 Å². The van der Waals surface area contributed by atoms with Gasteiger partial charge in [0.15, 0.2) is 0 Å². The van der Waals surface area contributed by atoms with Gasteiger partial charge in [-0.15, -0.1) is 0 Å². The van der Waals surface area contributed by atoms with Gasteiger partial charge in [-0.3, -0.25) is 0 Å². The second-order valence-corrected chi connectivity index (χ2v) is 10.6. The number of alkyl halides is 3. The predicted molar refractivity (Wildman–Crippen MR) is 114 cm³/mol. The first-order chi connectivity index (χ1) is 15.0. The average Bonchev–Trinajstić information content (AvgIpc) is 3.16. The Balaban J connectivity index is 1.48. The Hall–Kier alpha value is -2.13. The molecule has 0 bridgehead atoms. The molecule has 0 aromatic heterocycles. The van der Waals surface area contributed by atoms with Gasteiger partial charge in [-0.2, -0.15) is 17.5 Å². The Morgan fingerprint density at radius 2 is 1.59 bits per heavy atom. The standard InChI is InChI=1S/C23H26F4N2O2S/c1-2-17-3-6-19(7-4-17)28-12-9-22(16-28)10-13-29(14-11-22)32(30,31)21-8-5-18(24)15-20(21)23(25,26)27/h3-8,15H,2,9-14,16H2,1H3. The Morgan fingerprint density at radius 3 is 2.19 bits per heavy atom. The molecule has 32 heavy (non-hydrogen) atoms. The number of benzene rings is 2. The monoisotopic (exact) mass is 470 g/mol. The van der Waals surface area contributed by atoms with Crippen LogP contribution in [0.1, 0.15) is 37.3 Å². The van der Waals surface area contributed by atoms with Crippen LogP contribution in [-0.2, 0) is 22.6 Å². The van der Waals surface area contributed by atoms with E-state index in [1.807, 2.05) is 0 Å². The smallest absolute Gasteiger partial charge is 0.371 e. The van der Waals surface area contributed by atoms with Crippen LogP contribution in [0.5, 0.6) is 0 Å².